The average molecular weight is 128 g/mol. The molecule has 1 nitrogen and oxygen atoms in total. The molecule has 0 aliphatic rings. The van der Waals surface area contributed by atoms with Gasteiger partial charge < -0.3 is 4.90 Å². The smallest absolute Gasteiger partial charge is 0.0360 e. The maximum atomic E-state index is 2.08. The minimum Gasteiger partial charge on any atom is -0.378 e. The zero-order chi connectivity index (χ0) is 6.69. The second-order valence-electron chi connectivity index (χ2n) is 2.23. The summed E-state index contributed by atoms with van der Waals surface area (Å²) in [5, 5.41) is 0. The Hall–Kier alpha value is -0.383. The molecular weight excluding hydrogens is 117 g/mol. The van der Waals surface area contributed by atoms with Crippen molar-refractivity contribution >= 4 is 24.5 Å². The van der Waals surface area contributed by atoms with Crippen molar-refractivity contribution in [3.63, 3.8) is 0 Å². The molecule has 0 heterocycles. The van der Waals surface area contributed by atoms with Gasteiger partial charge >= 0.3 is 0 Å². The van der Waals surface area contributed by atoms with E-state index in [9.17, 15) is 0 Å². The summed E-state index contributed by atoms with van der Waals surface area (Å²) >= 11 is 0. The van der Waals surface area contributed by atoms with Crippen LogP contribution in [0.3, 0.4) is 0 Å². The van der Waals surface area contributed by atoms with E-state index < -0.39 is 0 Å². The average Bonchev–Trinajstić information content (AvgIpc) is 1.90. The predicted molar refractivity (Wildman–Crippen MR) is 46.5 cm³/mol. The molecule has 0 unspecified atom stereocenters. The van der Waals surface area contributed by atoms with Gasteiger partial charge in [0.1, 0.15) is 0 Å². The molecule has 1 rings (SSSR count). The zero-order valence-corrected chi connectivity index (χ0v) is 6.83. The van der Waals surface area contributed by atoms with Gasteiger partial charge in [-0.2, -0.15) is 0 Å². The van der Waals surface area contributed by atoms with E-state index in [0.29, 0.717) is 0 Å². The second kappa shape index (κ2) is 4.44. The van der Waals surface area contributed by atoms with Gasteiger partial charge in [0.2, 0.25) is 0 Å². The van der Waals surface area contributed by atoms with Crippen LogP contribution in [0.25, 0.3) is 0 Å². The monoisotopic (exact) mass is 128 g/mol. The molecule has 2 heteroatoms. The summed E-state index contributed by atoms with van der Waals surface area (Å²) in [6.07, 6.45) is 0. The molecule has 0 fully saturated rings. The third-order valence-electron chi connectivity index (χ3n) is 1.27. The molecule has 0 saturated heterocycles. The number of benzene rings is 1. The van der Waals surface area contributed by atoms with Gasteiger partial charge in [0.15, 0.2) is 0 Å². The van der Waals surface area contributed by atoms with Crippen LogP contribution >= 0.6 is 0 Å². The molecule has 10 heavy (non-hydrogen) atoms. The molecule has 49 valence electrons. The van der Waals surface area contributed by atoms with Crippen LogP contribution in [-0.4, -0.2) is 33.0 Å². The number of anilines is 1. The quantitative estimate of drug-likeness (QED) is 0.516. The zero-order valence-electron chi connectivity index (χ0n) is 6.83. The fraction of sp³-hybridized carbons (Fsp3) is 0.250. The molecule has 0 aliphatic heterocycles. The van der Waals surface area contributed by atoms with E-state index in [-0.39, 0.29) is 18.9 Å². The molecule has 0 amide bonds. The fourth-order valence-corrected chi connectivity index (χ4v) is 0.726. The second-order valence-corrected chi connectivity index (χ2v) is 2.23. The molecule has 0 N–H and O–H groups in total. The van der Waals surface area contributed by atoms with E-state index in [0.717, 1.165) is 0 Å². The molecule has 0 atom stereocenters. The molecule has 0 saturated carbocycles. The Labute approximate surface area is 74.2 Å². The summed E-state index contributed by atoms with van der Waals surface area (Å²) in [6.45, 7) is 0. The molecule has 0 spiro atoms. The Morgan fingerprint density at radius 3 is 1.80 bits per heavy atom. The first-order valence-corrected chi connectivity index (χ1v) is 3.03. The number of nitrogens with zero attached hydrogens (tertiary/aromatic N) is 1. The number of para-hydroxylation sites is 1. The van der Waals surface area contributed by atoms with E-state index in [4.69, 9.17) is 0 Å². The van der Waals surface area contributed by atoms with Crippen LogP contribution in [0.2, 0.25) is 0 Å². The van der Waals surface area contributed by atoms with Gasteiger partial charge in [-0.25, -0.2) is 0 Å². The Bertz CT molecular complexity index is 172. The fourth-order valence-electron chi connectivity index (χ4n) is 0.726. The van der Waals surface area contributed by atoms with Crippen molar-refractivity contribution in [2.45, 2.75) is 0 Å². The van der Waals surface area contributed by atoms with Crippen molar-refractivity contribution in [1.29, 1.82) is 0 Å². The van der Waals surface area contributed by atoms with Crippen LogP contribution in [0, 0.1) is 0 Å². The van der Waals surface area contributed by atoms with Gasteiger partial charge in [-0.05, 0) is 12.1 Å². The van der Waals surface area contributed by atoms with Crippen molar-refractivity contribution in [1.82, 2.24) is 0 Å². The summed E-state index contributed by atoms with van der Waals surface area (Å²) in [7, 11) is 4.07. The summed E-state index contributed by atoms with van der Waals surface area (Å²) in [4.78, 5) is 2.08. The largest absolute Gasteiger partial charge is 0.378 e. The number of rotatable bonds is 1. The van der Waals surface area contributed by atoms with Gasteiger partial charge in [-0.1, -0.05) is 18.2 Å². The van der Waals surface area contributed by atoms with Gasteiger partial charge in [0.05, 0.1) is 0 Å². The van der Waals surface area contributed by atoms with Crippen molar-refractivity contribution < 1.29 is 0 Å². The maximum Gasteiger partial charge on any atom is 0.0360 e. The first-order valence-electron chi connectivity index (χ1n) is 3.03. The van der Waals surface area contributed by atoms with Crippen molar-refractivity contribution in [3.05, 3.63) is 30.3 Å². The molecular formula is C8H11LiN. The molecule has 1 radical (unpaired) electrons. The van der Waals surface area contributed by atoms with E-state index in [1.54, 1.807) is 0 Å². The Morgan fingerprint density at radius 2 is 1.50 bits per heavy atom. The number of hydrogen-bond donors (Lipinski definition) is 0. The van der Waals surface area contributed by atoms with Crippen LogP contribution in [0.1, 0.15) is 0 Å². The SMILES string of the molecule is CN(C)c1ccccc1.[Li]. The Morgan fingerprint density at radius 1 is 1.00 bits per heavy atom. The Kier molecular flexibility index (Phi) is 4.27. The Balaban J connectivity index is 0.000000810. The van der Waals surface area contributed by atoms with Crippen LogP contribution in [0.4, 0.5) is 5.69 Å². The van der Waals surface area contributed by atoms with Crippen molar-refractivity contribution in [2.75, 3.05) is 19.0 Å². The van der Waals surface area contributed by atoms with E-state index in [2.05, 4.69) is 17.0 Å². The topological polar surface area (TPSA) is 3.24 Å². The van der Waals surface area contributed by atoms with Gasteiger partial charge in [0, 0.05) is 38.6 Å². The molecule has 0 aliphatic carbocycles. The normalized spacial score (nSPS) is 8.20. The van der Waals surface area contributed by atoms with Crippen molar-refractivity contribution in [3.8, 4) is 0 Å². The first kappa shape index (κ1) is 9.62. The molecule has 0 bridgehead atoms. The van der Waals surface area contributed by atoms with Crippen LogP contribution in [-0.2, 0) is 0 Å². The maximum absolute atomic E-state index is 2.08. The van der Waals surface area contributed by atoms with Gasteiger partial charge in [-0.15, -0.1) is 0 Å². The minimum atomic E-state index is 0. The summed E-state index contributed by atoms with van der Waals surface area (Å²) < 4.78 is 0. The minimum absolute atomic E-state index is 0. The van der Waals surface area contributed by atoms with E-state index >= 15 is 0 Å². The number of hydrogen-bond acceptors (Lipinski definition) is 1. The summed E-state index contributed by atoms with van der Waals surface area (Å²) in [6, 6.07) is 10.3. The third-order valence-corrected chi connectivity index (χ3v) is 1.27. The van der Waals surface area contributed by atoms with Crippen molar-refractivity contribution in [2.24, 2.45) is 0 Å². The third kappa shape index (κ3) is 2.47. The van der Waals surface area contributed by atoms with Crippen LogP contribution in [0.15, 0.2) is 30.3 Å². The van der Waals surface area contributed by atoms with Crippen LogP contribution < -0.4 is 4.90 Å². The summed E-state index contributed by atoms with van der Waals surface area (Å²) in [5.41, 5.74) is 1.25. The standard InChI is InChI=1S/C8H11N.Li/c1-9(2)8-6-4-3-5-7-8;/h3-7H,1-2H3;. The molecule has 0 aromatic heterocycles. The van der Waals surface area contributed by atoms with Crippen LogP contribution in [0.5, 0.6) is 0 Å². The van der Waals surface area contributed by atoms with E-state index in [1.165, 1.54) is 5.69 Å². The van der Waals surface area contributed by atoms with Gasteiger partial charge in [-0.3, -0.25) is 0 Å². The summed E-state index contributed by atoms with van der Waals surface area (Å²) in [5.74, 6) is 0. The van der Waals surface area contributed by atoms with Gasteiger partial charge in [0.25, 0.3) is 0 Å². The first-order chi connectivity index (χ1) is 4.30. The molecule has 1 aromatic carbocycles. The molecule has 1 aromatic rings. The van der Waals surface area contributed by atoms with E-state index in [1.807, 2.05) is 32.3 Å². The predicted octanol–water partition coefficient (Wildman–Crippen LogP) is 1.37.